The van der Waals surface area contributed by atoms with Crippen molar-refractivity contribution in [2.45, 2.75) is 57.4 Å². The molecule has 0 bridgehead atoms. The van der Waals surface area contributed by atoms with E-state index >= 15 is 0 Å². The summed E-state index contributed by atoms with van der Waals surface area (Å²) >= 11 is 0. The van der Waals surface area contributed by atoms with Crippen LogP contribution in [0.3, 0.4) is 0 Å². The molecule has 0 fully saturated rings. The largest absolute Gasteiger partial charge is 0.416 e. The van der Waals surface area contributed by atoms with E-state index in [2.05, 4.69) is 25.9 Å². The van der Waals surface area contributed by atoms with Crippen LogP contribution in [0.2, 0.25) is 0 Å². The van der Waals surface area contributed by atoms with Gasteiger partial charge in [-0.05, 0) is 72.4 Å². The molecule has 42 heavy (non-hydrogen) atoms. The van der Waals surface area contributed by atoms with Crippen molar-refractivity contribution in [3.8, 4) is 22.5 Å². The fraction of sp³-hybridized carbons (Fsp3) is 0.300. The van der Waals surface area contributed by atoms with Crippen molar-refractivity contribution in [2.24, 2.45) is 5.73 Å². The Kier molecular flexibility index (Phi) is 7.83. The van der Waals surface area contributed by atoms with Crippen molar-refractivity contribution in [1.82, 2.24) is 25.9 Å². The second-order valence-electron chi connectivity index (χ2n) is 11.1. The third kappa shape index (κ3) is 6.49. The summed E-state index contributed by atoms with van der Waals surface area (Å²) in [5.74, 6) is -0.346. The molecule has 3 aromatic carbocycles. The van der Waals surface area contributed by atoms with Gasteiger partial charge in [-0.2, -0.15) is 18.4 Å². The van der Waals surface area contributed by atoms with Crippen LogP contribution < -0.4 is 16.0 Å². The highest BCUT2D eigenvalue weighted by atomic mass is 19.4. The average Bonchev–Trinajstić information content (AvgIpc) is 3.44. The number of nitrogens with one attached hydrogen (secondary N) is 2. The number of tetrazole rings is 1. The normalized spacial score (nSPS) is 15.7. The van der Waals surface area contributed by atoms with Crippen molar-refractivity contribution < 1.29 is 22.8 Å². The van der Waals surface area contributed by atoms with Gasteiger partial charge in [-0.3, -0.25) is 9.59 Å². The highest BCUT2D eigenvalue weighted by Crippen LogP contribution is 2.36. The summed E-state index contributed by atoms with van der Waals surface area (Å²) in [5, 5.41) is 17.0. The first-order valence-electron chi connectivity index (χ1n) is 13.4. The molecule has 2 amide bonds. The number of aromatic nitrogens is 4. The summed E-state index contributed by atoms with van der Waals surface area (Å²) in [6.07, 6.45) is -4.19. The molecule has 0 unspecified atom stereocenters. The van der Waals surface area contributed by atoms with E-state index in [9.17, 15) is 22.8 Å². The Morgan fingerprint density at radius 2 is 1.79 bits per heavy atom. The second kappa shape index (κ2) is 11.4. The zero-order valence-electron chi connectivity index (χ0n) is 23.1. The Balaban J connectivity index is 1.45. The lowest BCUT2D eigenvalue weighted by Crippen LogP contribution is -2.49. The number of halogens is 3. The highest BCUT2D eigenvalue weighted by Gasteiger charge is 2.35. The molecule has 0 saturated heterocycles. The zero-order chi connectivity index (χ0) is 30.1. The number of fused-ring (bicyclic) bond motifs is 1. The van der Waals surface area contributed by atoms with Crippen LogP contribution in [-0.2, 0) is 28.7 Å². The van der Waals surface area contributed by atoms with Gasteiger partial charge in [-0.1, -0.05) is 48.5 Å². The van der Waals surface area contributed by atoms with E-state index in [1.165, 1.54) is 11.0 Å². The maximum Gasteiger partial charge on any atom is 0.416 e. The molecule has 0 radical (unpaired) electrons. The Morgan fingerprint density at radius 3 is 2.43 bits per heavy atom. The van der Waals surface area contributed by atoms with E-state index in [0.29, 0.717) is 17.1 Å². The number of hydrogen-bond acceptors (Lipinski definition) is 6. The van der Waals surface area contributed by atoms with Gasteiger partial charge in [0.1, 0.15) is 6.04 Å². The molecule has 4 aromatic rings. The molecule has 2 heterocycles. The first-order valence-corrected chi connectivity index (χ1v) is 13.4. The summed E-state index contributed by atoms with van der Waals surface area (Å²) < 4.78 is 40.6. The molecule has 0 saturated carbocycles. The van der Waals surface area contributed by atoms with E-state index in [4.69, 9.17) is 5.73 Å². The van der Waals surface area contributed by atoms with Gasteiger partial charge in [0.05, 0.1) is 12.1 Å². The predicted octanol–water partition coefficient (Wildman–Crippen LogP) is 4.64. The SMILES string of the molecule is CC(C)(N)CC(=O)N[C@@H]1CCc2cc(C(F)(F)F)ccc2N(Cc2ccc(-c3ccccc3-c3nn[nH]n3)cc2)C1=O. The van der Waals surface area contributed by atoms with Crippen LogP contribution in [0.1, 0.15) is 43.4 Å². The smallest absolute Gasteiger partial charge is 0.344 e. The number of nitrogens with zero attached hydrogens (tertiary/aromatic N) is 4. The van der Waals surface area contributed by atoms with Crippen molar-refractivity contribution in [2.75, 3.05) is 4.90 Å². The van der Waals surface area contributed by atoms with Crippen molar-refractivity contribution >= 4 is 17.5 Å². The van der Waals surface area contributed by atoms with Gasteiger partial charge in [0, 0.05) is 23.2 Å². The number of carbonyl (C=O) groups is 2. The number of amides is 2. The molecule has 1 aliphatic rings. The van der Waals surface area contributed by atoms with Crippen LogP contribution in [0.4, 0.5) is 18.9 Å². The molecule has 5 rings (SSSR count). The summed E-state index contributed by atoms with van der Waals surface area (Å²) in [6.45, 7) is 3.50. The minimum Gasteiger partial charge on any atom is -0.344 e. The third-order valence-corrected chi connectivity index (χ3v) is 7.03. The molecule has 12 heteroatoms. The fourth-order valence-corrected chi connectivity index (χ4v) is 5.09. The molecule has 1 aromatic heterocycles. The number of anilines is 1. The quantitative estimate of drug-likeness (QED) is 0.293. The molecule has 1 aliphatic heterocycles. The summed E-state index contributed by atoms with van der Waals surface area (Å²) in [6, 6.07) is 17.6. The first kappa shape index (κ1) is 28.9. The Hall–Kier alpha value is -4.58. The Bertz CT molecular complexity index is 1580. The van der Waals surface area contributed by atoms with E-state index in [1.54, 1.807) is 13.8 Å². The van der Waals surface area contributed by atoms with Crippen LogP contribution in [0.25, 0.3) is 22.5 Å². The second-order valence-corrected chi connectivity index (χ2v) is 11.1. The number of carbonyl (C=O) groups excluding carboxylic acids is 2. The molecular weight excluding hydrogens is 547 g/mol. The minimum absolute atomic E-state index is 0.00521. The lowest BCUT2D eigenvalue weighted by molar-refractivity contribution is -0.137. The molecule has 4 N–H and O–H groups in total. The van der Waals surface area contributed by atoms with Crippen LogP contribution >= 0.6 is 0 Å². The van der Waals surface area contributed by atoms with Crippen LogP contribution in [0, 0.1) is 0 Å². The summed E-state index contributed by atoms with van der Waals surface area (Å²) in [5.41, 5.74) is 8.48. The van der Waals surface area contributed by atoms with Gasteiger partial charge in [-0.15, -0.1) is 10.2 Å². The van der Waals surface area contributed by atoms with Crippen LogP contribution in [-0.4, -0.2) is 44.0 Å². The number of aryl methyl sites for hydroxylation is 1. The van der Waals surface area contributed by atoms with Crippen LogP contribution in [0.15, 0.2) is 66.7 Å². The summed E-state index contributed by atoms with van der Waals surface area (Å²) in [4.78, 5) is 27.9. The van der Waals surface area contributed by atoms with Gasteiger partial charge >= 0.3 is 6.18 Å². The van der Waals surface area contributed by atoms with Gasteiger partial charge in [0.25, 0.3) is 0 Å². The van der Waals surface area contributed by atoms with Crippen molar-refractivity contribution in [3.05, 3.63) is 83.4 Å². The van der Waals surface area contributed by atoms with Crippen molar-refractivity contribution in [3.63, 3.8) is 0 Å². The molecule has 9 nitrogen and oxygen atoms in total. The third-order valence-electron chi connectivity index (χ3n) is 7.03. The fourth-order valence-electron chi connectivity index (χ4n) is 5.09. The average molecular weight is 578 g/mol. The Labute approximate surface area is 240 Å². The monoisotopic (exact) mass is 577 g/mol. The predicted molar refractivity (Wildman–Crippen MR) is 151 cm³/mol. The van der Waals surface area contributed by atoms with E-state index in [1.807, 2.05) is 48.5 Å². The van der Waals surface area contributed by atoms with Gasteiger partial charge < -0.3 is 16.0 Å². The maximum atomic E-state index is 13.8. The Morgan fingerprint density at radius 1 is 1.07 bits per heavy atom. The topological polar surface area (TPSA) is 130 Å². The molecule has 1 atom stereocenters. The van der Waals surface area contributed by atoms with Gasteiger partial charge in [-0.25, -0.2) is 0 Å². The molecule has 0 aliphatic carbocycles. The molecular formula is C30H30F3N7O2. The van der Waals surface area contributed by atoms with E-state index < -0.39 is 35.1 Å². The van der Waals surface area contributed by atoms with E-state index in [0.717, 1.165) is 34.4 Å². The maximum absolute atomic E-state index is 13.8. The molecule has 218 valence electrons. The minimum atomic E-state index is -4.52. The number of hydrogen-bond donors (Lipinski definition) is 3. The lowest BCUT2D eigenvalue weighted by atomic mass is 9.98. The standard InChI is InChI=1S/C30H30F3N7O2/c1-29(2,34)16-26(41)35-24-13-11-20-15-21(30(31,32)33)12-14-25(20)40(28(24)42)17-18-7-9-19(10-8-18)22-5-3-4-6-23(22)27-36-38-39-37-27/h3-10,12,14-15,24H,11,13,16-17,34H2,1-2H3,(H,35,41)(H,36,37,38,39)/t24-/m1/s1. The zero-order valence-corrected chi connectivity index (χ0v) is 23.1. The lowest BCUT2D eigenvalue weighted by Gasteiger charge is -2.27. The van der Waals surface area contributed by atoms with Gasteiger partial charge in [0.15, 0.2) is 0 Å². The number of rotatable bonds is 7. The van der Waals surface area contributed by atoms with E-state index in [-0.39, 0.29) is 25.8 Å². The number of benzene rings is 3. The molecule has 0 spiro atoms. The number of nitrogens with two attached hydrogens (primary N) is 1. The number of H-pyrrole nitrogens is 1. The first-order chi connectivity index (χ1) is 19.9. The highest BCUT2D eigenvalue weighted by molar-refractivity contribution is 6.00. The van der Waals surface area contributed by atoms with Crippen molar-refractivity contribution in [1.29, 1.82) is 0 Å². The number of alkyl halides is 3. The number of aromatic amines is 1. The van der Waals surface area contributed by atoms with Crippen LogP contribution in [0.5, 0.6) is 0 Å². The van der Waals surface area contributed by atoms with Gasteiger partial charge in [0.2, 0.25) is 17.6 Å². The summed E-state index contributed by atoms with van der Waals surface area (Å²) in [7, 11) is 0.